The van der Waals surface area contributed by atoms with Gasteiger partial charge in [0.25, 0.3) is 0 Å². The van der Waals surface area contributed by atoms with Gasteiger partial charge in [-0.1, -0.05) is 18.2 Å². The molecule has 6 nitrogen and oxygen atoms in total. The van der Waals surface area contributed by atoms with Crippen molar-refractivity contribution in [3.05, 3.63) is 48.5 Å². The van der Waals surface area contributed by atoms with Crippen LogP contribution in [-0.2, 0) is 14.8 Å². The average Bonchev–Trinajstić information content (AvgIpc) is 2.59. The second-order valence-electron chi connectivity index (χ2n) is 5.10. The van der Waals surface area contributed by atoms with Gasteiger partial charge in [-0.2, -0.15) is 0 Å². The number of carbonyl (C=O) groups excluding carboxylic acids is 1. The summed E-state index contributed by atoms with van der Waals surface area (Å²) in [4.78, 5) is 12.2. The number of nitrogens with one attached hydrogen (secondary N) is 2. The number of carbonyl (C=O) groups is 1. The second kappa shape index (κ2) is 8.89. The summed E-state index contributed by atoms with van der Waals surface area (Å²) in [6, 6.07) is 13.8. The lowest BCUT2D eigenvalue weighted by Gasteiger charge is -2.12. The van der Waals surface area contributed by atoms with Crippen LogP contribution in [0.3, 0.4) is 0 Å². The molecule has 0 atom stereocenters. The van der Waals surface area contributed by atoms with E-state index in [9.17, 15) is 13.2 Å². The van der Waals surface area contributed by atoms with Crippen LogP contribution in [0.4, 0.5) is 5.69 Å². The third-order valence-corrected chi connectivity index (χ3v) is 5.45. The summed E-state index contributed by atoms with van der Waals surface area (Å²) in [5.74, 6) is 0.424. The summed E-state index contributed by atoms with van der Waals surface area (Å²) >= 11 is 1.43. The SMILES string of the molecule is CSc1ccc(S(=O)(=O)NCCOc2ccccc2)cc1NC(C)=O. The fourth-order valence-corrected chi connectivity index (χ4v) is 3.66. The predicted octanol–water partition coefficient (Wildman–Crippen LogP) is 2.72. The Kier molecular flexibility index (Phi) is 6.86. The summed E-state index contributed by atoms with van der Waals surface area (Å²) < 4.78 is 32.7. The molecular formula is C17H20N2O4S2. The Hall–Kier alpha value is -2.03. The van der Waals surface area contributed by atoms with Crippen LogP contribution in [0.5, 0.6) is 5.75 Å². The molecule has 2 rings (SSSR count). The minimum Gasteiger partial charge on any atom is -0.492 e. The van der Waals surface area contributed by atoms with E-state index >= 15 is 0 Å². The van der Waals surface area contributed by atoms with E-state index in [1.165, 1.54) is 30.8 Å². The number of hydrogen-bond acceptors (Lipinski definition) is 5. The van der Waals surface area contributed by atoms with Crippen LogP contribution in [0.15, 0.2) is 58.3 Å². The van der Waals surface area contributed by atoms with Crippen molar-refractivity contribution < 1.29 is 17.9 Å². The van der Waals surface area contributed by atoms with Gasteiger partial charge in [-0.25, -0.2) is 13.1 Å². The topological polar surface area (TPSA) is 84.5 Å². The summed E-state index contributed by atoms with van der Waals surface area (Å²) in [6.45, 7) is 1.73. The van der Waals surface area contributed by atoms with Crippen LogP contribution >= 0.6 is 11.8 Å². The highest BCUT2D eigenvalue weighted by Gasteiger charge is 2.16. The monoisotopic (exact) mass is 380 g/mol. The Balaban J connectivity index is 2.02. The number of benzene rings is 2. The molecule has 0 bridgehead atoms. The normalized spacial score (nSPS) is 11.1. The lowest BCUT2D eigenvalue weighted by molar-refractivity contribution is -0.114. The highest BCUT2D eigenvalue weighted by Crippen LogP contribution is 2.28. The molecule has 25 heavy (non-hydrogen) atoms. The smallest absolute Gasteiger partial charge is 0.240 e. The molecule has 134 valence electrons. The van der Waals surface area contributed by atoms with Crippen LogP contribution in [0.1, 0.15) is 6.92 Å². The Morgan fingerprint density at radius 2 is 1.88 bits per heavy atom. The lowest BCUT2D eigenvalue weighted by Crippen LogP contribution is -2.28. The summed E-state index contributed by atoms with van der Waals surface area (Å²) in [5.41, 5.74) is 0.475. The van der Waals surface area contributed by atoms with Crippen molar-refractivity contribution in [2.75, 3.05) is 24.7 Å². The molecule has 2 aromatic rings. The third-order valence-electron chi connectivity index (χ3n) is 3.20. The minimum atomic E-state index is -3.69. The fraction of sp³-hybridized carbons (Fsp3) is 0.235. The van der Waals surface area contributed by atoms with E-state index in [1.807, 2.05) is 24.5 Å². The Bertz CT molecular complexity index is 824. The van der Waals surface area contributed by atoms with Gasteiger partial charge in [0.1, 0.15) is 12.4 Å². The largest absolute Gasteiger partial charge is 0.492 e. The molecule has 0 unspecified atom stereocenters. The number of thioether (sulfide) groups is 1. The van der Waals surface area contributed by atoms with E-state index in [1.54, 1.807) is 18.2 Å². The molecule has 0 fully saturated rings. The van der Waals surface area contributed by atoms with Crippen molar-refractivity contribution in [1.82, 2.24) is 4.72 Å². The third kappa shape index (κ3) is 5.77. The van der Waals surface area contributed by atoms with Crippen molar-refractivity contribution in [2.24, 2.45) is 0 Å². The van der Waals surface area contributed by atoms with E-state index < -0.39 is 10.0 Å². The standard InChI is InChI=1S/C17H20N2O4S2/c1-13(20)19-16-12-15(8-9-17(16)24-2)25(21,22)18-10-11-23-14-6-4-3-5-7-14/h3-9,12,18H,10-11H2,1-2H3,(H,19,20). The van der Waals surface area contributed by atoms with E-state index in [0.717, 1.165) is 4.90 Å². The molecule has 0 heterocycles. The first-order valence-corrected chi connectivity index (χ1v) is 10.3. The van der Waals surface area contributed by atoms with E-state index in [4.69, 9.17) is 4.74 Å². The summed E-state index contributed by atoms with van der Waals surface area (Å²) in [7, 11) is -3.69. The van der Waals surface area contributed by atoms with Crippen molar-refractivity contribution in [3.63, 3.8) is 0 Å². The van der Waals surface area contributed by atoms with E-state index in [2.05, 4.69) is 10.0 Å². The molecule has 8 heteroatoms. The van der Waals surface area contributed by atoms with Crippen LogP contribution in [0.2, 0.25) is 0 Å². The molecule has 1 amide bonds. The van der Waals surface area contributed by atoms with Crippen LogP contribution in [0.25, 0.3) is 0 Å². The van der Waals surface area contributed by atoms with Gasteiger partial charge >= 0.3 is 0 Å². The molecule has 0 saturated carbocycles. The van der Waals surface area contributed by atoms with Gasteiger partial charge in [-0.05, 0) is 36.6 Å². The van der Waals surface area contributed by atoms with E-state index in [-0.39, 0.29) is 24.0 Å². The molecule has 0 saturated heterocycles. The number of para-hydroxylation sites is 1. The van der Waals surface area contributed by atoms with Gasteiger partial charge in [-0.15, -0.1) is 11.8 Å². The Morgan fingerprint density at radius 3 is 2.52 bits per heavy atom. The zero-order chi connectivity index (χ0) is 18.3. The average molecular weight is 380 g/mol. The maximum atomic E-state index is 12.4. The molecule has 0 aliphatic heterocycles. The van der Waals surface area contributed by atoms with Crippen molar-refractivity contribution >= 4 is 33.4 Å². The van der Waals surface area contributed by atoms with Gasteiger partial charge in [0.2, 0.25) is 15.9 Å². The fourth-order valence-electron chi connectivity index (χ4n) is 2.09. The second-order valence-corrected chi connectivity index (χ2v) is 7.72. The zero-order valence-electron chi connectivity index (χ0n) is 14.0. The molecule has 2 N–H and O–H groups in total. The predicted molar refractivity (Wildman–Crippen MR) is 99.7 cm³/mol. The number of anilines is 1. The molecular weight excluding hydrogens is 360 g/mol. The first kappa shape index (κ1) is 19.3. The van der Waals surface area contributed by atoms with Crippen LogP contribution in [0, 0.1) is 0 Å². The van der Waals surface area contributed by atoms with Crippen LogP contribution in [-0.4, -0.2) is 33.7 Å². The Labute approximate surface area is 152 Å². The number of rotatable bonds is 8. The zero-order valence-corrected chi connectivity index (χ0v) is 15.6. The quantitative estimate of drug-likeness (QED) is 0.543. The van der Waals surface area contributed by atoms with Gasteiger partial charge in [-0.3, -0.25) is 4.79 Å². The molecule has 0 aliphatic rings. The summed E-state index contributed by atoms with van der Waals surface area (Å²) in [6.07, 6.45) is 1.86. The van der Waals surface area contributed by atoms with Gasteiger partial charge in [0.15, 0.2) is 0 Å². The molecule has 0 aromatic heterocycles. The first-order chi connectivity index (χ1) is 11.9. The molecule has 0 spiro atoms. The van der Waals surface area contributed by atoms with Crippen molar-refractivity contribution in [2.45, 2.75) is 16.7 Å². The van der Waals surface area contributed by atoms with Gasteiger partial charge in [0, 0.05) is 18.4 Å². The molecule has 2 aromatic carbocycles. The minimum absolute atomic E-state index is 0.0914. The van der Waals surface area contributed by atoms with Crippen LogP contribution < -0.4 is 14.8 Å². The maximum absolute atomic E-state index is 12.4. The number of ether oxygens (including phenoxy) is 1. The molecule has 0 radical (unpaired) electrons. The highest BCUT2D eigenvalue weighted by atomic mass is 32.2. The molecule has 0 aliphatic carbocycles. The van der Waals surface area contributed by atoms with Crippen molar-refractivity contribution in [3.8, 4) is 5.75 Å². The van der Waals surface area contributed by atoms with Gasteiger partial charge in [0.05, 0.1) is 10.6 Å². The number of hydrogen-bond donors (Lipinski definition) is 2. The highest BCUT2D eigenvalue weighted by molar-refractivity contribution is 7.98. The Morgan fingerprint density at radius 1 is 1.16 bits per heavy atom. The maximum Gasteiger partial charge on any atom is 0.240 e. The number of amides is 1. The number of sulfonamides is 1. The van der Waals surface area contributed by atoms with Gasteiger partial charge < -0.3 is 10.1 Å². The summed E-state index contributed by atoms with van der Waals surface area (Å²) in [5, 5.41) is 2.65. The lowest BCUT2D eigenvalue weighted by atomic mass is 10.3. The van der Waals surface area contributed by atoms with Crippen molar-refractivity contribution in [1.29, 1.82) is 0 Å². The first-order valence-electron chi connectivity index (χ1n) is 7.55. The van der Waals surface area contributed by atoms with E-state index in [0.29, 0.717) is 11.4 Å².